The molecule has 1 amide bonds. The zero-order chi connectivity index (χ0) is 12.7. The number of rotatable bonds is 8. The first-order chi connectivity index (χ1) is 8.07. The summed E-state index contributed by atoms with van der Waals surface area (Å²) in [4.78, 5) is 11.7. The SMILES string of the molecule is COCCCNC(=O)C(C)NCC1(C)CCC1. The number of hydrogen-bond donors (Lipinski definition) is 2. The summed E-state index contributed by atoms with van der Waals surface area (Å²) in [6.07, 6.45) is 4.76. The molecule has 4 nitrogen and oxygen atoms in total. The Hall–Kier alpha value is -0.610. The van der Waals surface area contributed by atoms with Gasteiger partial charge in [-0.05, 0) is 31.6 Å². The van der Waals surface area contributed by atoms with Crippen molar-refractivity contribution < 1.29 is 9.53 Å². The molecule has 0 aliphatic heterocycles. The van der Waals surface area contributed by atoms with E-state index in [4.69, 9.17) is 4.74 Å². The molecule has 0 aromatic carbocycles. The topological polar surface area (TPSA) is 50.4 Å². The summed E-state index contributed by atoms with van der Waals surface area (Å²) < 4.78 is 4.93. The van der Waals surface area contributed by atoms with Gasteiger partial charge in [-0.2, -0.15) is 0 Å². The average Bonchev–Trinajstić information content (AvgIpc) is 2.28. The van der Waals surface area contributed by atoms with Gasteiger partial charge < -0.3 is 15.4 Å². The van der Waals surface area contributed by atoms with Crippen LogP contribution in [0.3, 0.4) is 0 Å². The molecule has 17 heavy (non-hydrogen) atoms. The van der Waals surface area contributed by atoms with Gasteiger partial charge in [0.15, 0.2) is 0 Å². The van der Waals surface area contributed by atoms with Gasteiger partial charge in [0.1, 0.15) is 0 Å². The zero-order valence-corrected chi connectivity index (χ0v) is 11.3. The van der Waals surface area contributed by atoms with Crippen LogP contribution in [0.5, 0.6) is 0 Å². The number of ether oxygens (including phenoxy) is 1. The standard InChI is InChI=1S/C13H26N2O2/c1-11(12(16)14-8-5-9-17-3)15-10-13(2)6-4-7-13/h11,15H,4-10H2,1-3H3,(H,14,16). The number of carbonyl (C=O) groups is 1. The molecular weight excluding hydrogens is 216 g/mol. The van der Waals surface area contributed by atoms with Gasteiger partial charge in [-0.25, -0.2) is 0 Å². The molecule has 1 rings (SSSR count). The maximum Gasteiger partial charge on any atom is 0.236 e. The third kappa shape index (κ3) is 5.04. The van der Waals surface area contributed by atoms with E-state index in [1.165, 1.54) is 19.3 Å². The summed E-state index contributed by atoms with van der Waals surface area (Å²) in [6.45, 7) is 6.54. The molecule has 0 saturated heterocycles. The van der Waals surface area contributed by atoms with Crippen molar-refractivity contribution in [1.82, 2.24) is 10.6 Å². The van der Waals surface area contributed by atoms with Gasteiger partial charge in [0.25, 0.3) is 0 Å². The molecule has 4 heteroatoms. The monoisotopic (exact) mass is 242 g/mol. The zero-order valence-electron chi connectivity index (χ0n) is 11.3. The molecule has 1 aliphatic rings. The summed E-state index contributed by atoms with van der Waals surface area (Å²) >= 11 is 0. The molecule has 0 heterocycles. The van der Waals surface area contributed by atoms with Gasteiger partial charge in [-0.15, -0.1) is 0 Å². The van der Waals surface area contributed by atoms with Gasteiger partial charge in [-0.3, -0.25) is 4.79 Å². The quantitative estimate of drug-likeness (QED) is 0.631. The van der Waals surface area contributed by atoms with Crippen LogP contribution in [0.4, 0.5) is 0 Å². The van der Waals surface area contributed by atoms with E-state index >= 15 is 0 Å². The largest absolute Gasteiger partial charge is 0.385 e. The Balaban J connectivity index is 2.09. The van der Waals surface area contributed by atoms with Crippen molar-refractivity contribution in [3.63, 3.8) is 0 Å². The Labute approximate surface area is 104 Å². The van der Waals surface area contributed by atoms with Gasteiger partial charge in [-0.1, -0.05) is 13.3 Å². The predicted octanol–water partition coefficient (Wildman–Crippen LogP) is 1.31. The third-order valence-electron chi connectivity index (χ3n) is 3.61. The van der Waals surface area contributed by atoms with Crippen molar-refractivity contribution in [2.45, 2.75) is 45.6 Å². The number of amides is 1. The lowest BCUT2D eigenvalue weighted by atomic mass is 9.70. The molecule has 100 valence electrons. The van der Waals surface area contributed by atoms with Gasteiger partial charge in [0, 0.05) is 26.8 Å². The second-order valence-electron chi connectivity index (χ2n) is 5.40. The second kappa shape index (κ2) is 6.97. The van der Waals surface area contributed by atoms with Crippen LogP contribution < -0.4 is 10.6 Å². The number of carbonyl (C=O) groups excluding carboxylic acids is 1. The molecule has 0 spiro atoms. The van der Waals surface area contributed by atoms with Crippen LogP contribution in [-0.2, 0) is 9.53 Å². The Morgan fingerprint density at radius 2 is 2.18 bits per heavy atom. The molecular formula is C13H26N2O2. The molecule has 1 aliphatic carbocycles. The van der Waals surface area contributed by atoms with Crippen molar-refractivity contribution in [2.24, 2.45) is 5.41 Å². The van der Waals surface area contributed by atoms with E-state index in [1.54, 1.807) is 7.11 Å². The lowest BCUT2D eigenvalue weighted by molar-refractivity contribution is -0.122. The van der Waals surface area contributed by atoms with Crippen LogP contribution in [-0.4, -0.2) is 38.8 Å². The first-order valence-electron chi connectivity index (χ1n) is 6.57. The number of hydrogen-bond acceptors (Lipinski definition) is 3. The summed E-state index contributed by atoms with van der Waals surface area (Å²) in [5, 5.41) is 6.23. The first-order valence-corrected chi connectivity index (χ1v) is 6.57. The van der Waals surface area contributed by atoms with Gasteiger partial charge >= 0.3 is 0 Å². The first kappa shape index (κ1) is 14.5. The lowest BCUT2D eigenvalue weighted by Gasteiger charge is -2.39. The van der Waals surface area contributed by atoms with Crippen LogP contribution in [0.25, 0.3) is 0 Å². The molecule has 2 N–H and O–H groups in total. The Kier molecular flexibility index (Phi) is 5.92. The molecule has 1 saturated carbocycles. The predicted molar refractivity (Wildman–Crippen MR) is 68.9 cm³/mol. The third-order valence-corrected chi connectivity index (χ3v) is 3.61. The highest BCUT2D eigenvalue weighted by Crippen LogP contribution is 2.39. The van der Waals surface area contributed by atoms with Crippen LogP contribution in [0.1, 0.15) is 39.5 Å². The Morgan fingerprint density at radius 3 is 2.71 bits per heavy atom. The molecule has 0 aromatic rings. The lowest BCUT2D eigenvalue weighted by Crippen LogP contribution is -2.47. The smallest absolute Gasteiger partial charge is 0.236 e. The maximum absolute atomic E-state index is 11.7. The Bertz CT molecular complexity index is 240. The Morgan fingerprint density at radius 1 is 1.47 bits per heavy atom. The summed E-state index contributed by atoms with van der Waals surface area (Å²) in [5.74, 6) is 0.0871. The van der Waals surface area contributed by atoms with Crippen molar-refractivity contribution in [3.8, 4) is 0 Å². The number of methoxy groups -OCH3 is 1. The van der Waals surface area contributed by atoms with E-state index in [0.29, 0.717) is 18.6 Å². The van der Waals surface area contributed by atoms with Crippen LogP contribution in [0, 0.1) is 5.41 Å². The normalized spacial score (nSPS) is 19.5. The fourth-order valence-electron chi connectivity index (χ4n) is 2.03. The molecule has 0 radical (unpaired) electrons. The van der Waals surface area contributed by atoms with Gasteiger partial charge in [0.05, 0.1) is 6.04 Å². The van der Waals surface area contributed by atoms with E-state index in [0.717, 1.165) is 13.0 Å². The van der Waals surface area contributed by atoms with Crippen molar-refractivity contribution >= 4 is 5.91 Å². The highest BCUT2D eigenvalue weighted by molar-refractivity contribution is 5.81. The fraction of sp³-hybridized carbons (Fsp3) is 0.923. The second-order valence-corrected chi connectivity index (χ2v) is 5.40. The van der Waals surface area contributed by atoms with E-state index in [2.05, 4.69) is 17.6 Å². The average molecular weight is 242 g/mol. The van der Waals surface area contributed by atoms with E-state index < -0.39 is 0 Å². The van der Waals surface area contributed by atoms with E-state index in [-0.39, 0.29) is 11.9 Å². The molecule has 1 fully saturated rings. The van der Waals surface area contributed by atoms with Crippen LogP contribution >= 0.6 is 0 Å². The fourth-order valence-corrected chi connectivity index (χ4v) is 2.03. The van der Waals surface area contributed by atoms with Crippen LogP contribution in [0.2, 0.25) is 0 Å². The summed E-state index contributed by atoms with van der Waals surface area (Å²) in [7, 11) is 1.67. The van der Waals surface area contributed by atoms with E-state index in [9.17, 15) is 4.79 Å². The minimum absolute atomic E-state index is 0.0871. The number of nitrogens with one attached hydrogen (secondary N) is 2. The highest BCUT2D eigenvalue weighted by atomic mass is 16.5. The summed E-state index contributed by atoms with van der Waals surface area (Å²) in [6, 6.07) is -0.102. The molecule has 1 unspecified atom stereocenters. The van der Waals surface area contributed by atoms with Gasteiger partial charge in [0.2, 0.25) is 5.91 Å². The molecule has 1 atom stereocenters. The highest BCUT2D eigenvalue weighted by Gasteiger charge is 2.32. The maximum atomic E-state index is 11.7. The summed E-state index contributed by atoms with van der Waals surface area (Å²) in [5.41, 5.74) is 0.421. The van der Waals surface area contributed by atoms with E-state index in [1.807, 2.05) is 6.92 Å². The minimum atomic E-state index is -0.102. The van der Waals surface area contributed by atoms with Crippen molar-refractivity contribution in [3.05, 3.63) is 0 Å². The van der Waals surface area contributed by atoms with Crippen LogP contribution in [0.15, 0.2) is 0 Å². The molecule has 0 aromatic heterocycles. The van der Waals surface area contributed by atoms with Crippen molar-refractivity contribution in [1.29, 1.82) is 0 Å². The van der Waals surface area contributed by atoms with Crippen molar-refractivity contribution in [2.75, 3.05) is 26.8 Å². The minimum Gasteiger partial charge on any atom is -0.385 e. The molecule has 0 bridgehead atoms.